The Morgan fingerprint density at radius 3 is 2.68 bits per heavy atom. The highest BCUT2D eigenvalue weighted by Gasteiger charge is 2.41. The van der Waals surface area contributed by atoms with Gasteiger partial charge in [-0.2, -0.15) is 15.3 Å². The predicted molar refractivity (Wildman–Crippen MR) is 131 cm³/mol. The van der Waals surface area contributed by atoms with Gasteiger partial charge in [0.2, 0.25) is 11.8 Å². The highest BCUT2D eigenvalue weighted by atomic mass is 19.1. The second-order valence-electron chi connectivity index (χ2n) is 9.60. The van der Waals surface area contributed by atoms with Crippen LogP contribution in [0.1, 0.15) is 42.6 Å². The molecule has 3 aromatic rings. The summed E-state index contributed by atoms with van der Waals surface area (Å²) in [6.45, 7) is -0.520. The van der Waals surface area contributed by atoms with Gasteiger partial charge < -0.3 is 21.1 Å². The fraction of sp³-hybridized carbons (Fsp3) is 0.440. The number of primary amides is 1. The van der Waals surface area contributed by atoms with Gasteiger partial charge in [-0.25, -0.2) is 4.39 Å². The number of carbonyl (C=O) groups is 3. The molecule has 37 heavy (non-hydrogen) atoms. The van der Waals surface area contributed by atoms with Gasteiger partial charge in [0, 0.05) is 17.4 Å². The lowest BCUT2D eigenvalue weighted by Crippen LogP contribution is -2.53. The van der Waals surface area contributed by atoms with E-state index in [0.29, 0.717) is 23.7 Å². The number of aromatic nitrogens is 4. The number of hydrogen-bond acceptors (Lipinski definition) is 7. The summed E-state index contributed by atoms with van der Waals surface area (Å²) in [6.07, 6.45) is 4.02. The zero-order valence-electron chi connectivity index (χ0n) is 20.1. The van der Waals surface area contributed by atoms with E-state index in [0.717, 1.165) is 24.0 Å². The Hall–Kier alpha value is -3.93. The summed E-state index contributed by atoms with van der Waals surface area (Å²) in [5.41, 5.74) is 7.59. The molecule has 4 unspecified atom stereocenters. The van der Waals surface area contributed by atoms with E-state index < -0.39 is 42.1 Å². The van der Waals surface area contributed by atoms with Crippen LogP contribution >= 0.6 is 0 Å². The van der Waals surface area contributed by atoms with E-state index in [9.17, 15) is 23.9 Å². The summed E-state index contributed by atoms with van der Waals surface area (Å²) in [7, 11) is 0. The molecule has 1 aliphatic heterocycles. The van der Waals surface area contributed by atoms with Crippen molar-refractivity contribution in [1.82, 2.24) is 30.2 Å². The minimum atomic E-state index is -1.34. The first kappa shape index (κ1) is 24.8. The molecule has 2 aromatic heterocycles. The normalized spacial score (nSPS) is 23.8. The largest absolute Gasteiger partial charge is 0.391 e. The topological polar surface area (TPSA) is 156 Å². The predicted octanol–water partition coefficient (Wildman–Crippen LogP) is 0.951. The van der Waals surface area contributed by atoms with Crippen LogP contribution in [0.4, 0.5) is 4.39 Å². The lowest BCUT2D eigenvalue weighted by molar-refractivity contribution is -0.139. The van der Waals surface area contributed by atoms with Crippen molar-refractivity contribution in [2.45, 2.75) is 63.0 Å². The molecule has 3 heterocycles. The quantitative estimate of drug-likeness (QED) is 0.447. The molecule has 4 atom stereocenters. The Bertz CT molecular complexity index is 1330. The smallest absolute Gasteiger partial charge is 0.269 e. The SMILES string of the molecule is NC(=O)c1nn(CC(=O)N2CC(F)CC2C(=O)NC2CCCCC2O)c2ccc(-c3ccnnc3)cc12. The maximum atomic E-state index is 14.4. The van der Waals surface area contributed by atoms with E-state index in [-0.39, 0.29) is 25.2 Å². The number of fused-ring (bicyclic) bond motifs is 1. The van der Waals surface area contributed by atoms with Gasteiger partial charge in [-0.3, -0.25) is 19.1 Å². The van der Waals surface area contributed by atoms with Crippen LogP contribution in [0.15, 0.2) is 36.7 Å². The van der Waals surface area contributed by atoms with Crippen molar-refractivity contribution in [1.29, 1.82) is 0 Å². The number of halogens is 1. The zero-order valence-corrected chi connectivity index (χ0v) is 20.1. The molecule has 0 bridgehead atoms. The summed E-state index contributed by atoms with van der Waals surface area (Å²) in [6, 6.07) is 5.62. The molecule has 2 aliphatic rings. The fourth-order valence-electron chi connectivity index (χ4n) is 5.21. The maximum absolute atomic E-state index is 14.4. The van der Waals surface area contributed by atoms with Gasteiger partial charge in [0.15, 0.2) is 5.69 Å². The van der Waals surface area contributed by atoms with Gasteiger partial charge in [0.1, 0.15) is 18.8 Å². The summed E-state index contributed by atoms with van der Waals surface area (Å²) < 4.78 is 15.7. The Morgan fingerprint density at radius 2 is 1.95 bits per heavy atom. The van der Waals surface area contributed by atoms with Gasteiger partial charge in [-0.1, -0.05) is 18.9 Å². The van der Waals surface area contributed by atoms with Gasteiger partial charge in [0.05, 0.1) is 36.6 Å². The first-order chi connectivity index (χ1) is 17.8. The first-order valence-electron chi connectivity index (χ1n) is 12.3. The van der Waals surface area contributed by atoms with Crippen LogP contribution in [0.3, 0.4) is 0 Å². The van der Waals surface area contributed by atoms with Crippen molar-refractivity contribution in [3.63, 3.8) is 0 Å². The molecule has 1 aromatic carbocycles. The lowest BCUT2D eigenvalue weighted by atomic mass is 9.92. The number of nitrogens with one attached hydrogen (secondary N) is 1. The van der Waals surface area contributed by atoms with Crippen molar-refractivity contribution in [3.05, 3.63) is 42.4 Å². The Balaban J connectivity index is 1.38. The molecule has 1 aliphatic carbocycles. The molecule has 5 rings (SSSR count). The number of likely N-dealkylation sites (tertiary alicyclic amines) is 1. The van der Waals surface area contributed by atoms with Crippen LogP contribution < -0.4 is 11.1 Å². The van der Waals surface area contributed by atoms with E-state index in [2.05, 4.69) is 20.6 Å². The second-order valence-corrected chi connectivity index (χ2v) is 9.60. The molecule has 194 valence electrons. The van der Waals surface area contributed by atoms with Gasteiger partial charge >= 0.3 is 0 Å². The molecule has 11 nitrogen and oxygen atoms in total. The highest BCUT2D eigenvalue weighted by molar-refractivity contribution is 6.05. The van der Waals surface area contributed by atoms with Crippen LogP contribution in [0.25, 0.3) is 22.0 Å². The van der Waals surface area contributed by atoms with Crippen molar-refractivity contribution in [2.75, 3.05) is 6.54 Å². The Morgan fingerprint density at radius 1 is 1.14 bits per heavy atom. The molecular weight excluding hydrogens is 481 g/mol. The summed E-state index contributed by atoms with van der Waals surface area (Å²) in [5, 5.41) is 25.4. The third-order valence-electron chi connectivity index (χ3n) is 7.12. The molecule has 0 radical (unpaired) electrons. The molecule has 3 amide bonds. The Labute approximate surface area is 211 Å². The standard InChI is InChI=1S/C25H28FN7O4/c26-16-10-20(25(37)30-18-3-1-2-4-21(18)34)32(12-16)22(35)13-33-19-6-5-14(15-7-8-28-29-11-15)9-17(19)23(31-33)24(27)36/h5-9,11,16,18,20-21,34H,1-4,10,12-13H2,(H2,27,36)(H,30,37). The minimum absolute atomic E-state index is 0.00275. The van der Waals surface area contributed by atoms with Gasteiger partial charge in [-0.15, -0.1) is 0 Å². The van der Waals surface area contributed by atoms with Gasteiger partial charge in [0.25, 0.3) is 5.91 Å². The lowest BCUT2D eigenvalue weighted by Gasteiger charge is -2.31. The number of amides is 3. The van der Waals surface area contributed by atoms with E-state index in [1.807, 2.05) is 0 Å². The van der Waals surface area contributed by atoms with Crippen molar-refractivity contribution in [2.24, 2.45) is 5.73 Å². The summed E-state index contributed by atoms with van der Waals surface area (Å²) in [5.74, 6) is -1.74. The maximum Gasteiger partial charge on any atom is 0.269 e. The van der Waals surface area contributed by atoms with Crippen LogP contribution in [-0.4, -0.2) is 78.6 Å². The second kappa shape index (κ2) is 10.2. The molecule has 1 saturated carbocycles. The van der Waals surface area contributed by atoms with Crippen LogP contribution in [0.5, 0.6) is 0 Å². The van der Waals surface area contributed by atoms with Crippen molar-refractivity contribution in [3.8, 4) is 11.1 Å². The number of nitrogens with two attached hydrogens (primary N) is 1. The zero-order chi connectivity index (χ0) is 26.1. The molecular formula is C25H28FN7O4. The fourth-order valence-corrected chi connectivity index (χ4v) is 5.21. The molecule has 1 saturated heterocycles. The van der Waals surface area contributed by atoms with Crippen LogP contribution in [0.2, 0.25) is 0 Å². The van der Waals surface area contributed by atoms with Crippen molar-refractivity contribution >= 4 is 28.6 Å². The molecule has 12 heteroatoms. The number of aliphatic hydroxyl groups excluding tert-OH is 1. The number of nitrogens with zero attached hydrogens (tertiary/aromatic N) is 5. The number of aliphatic hydroxyl groups is 1. The van der Waals surface area contributed by atoms with E-state index in [1.165, 1.54) is 9.58 Å². The summed E-state index contributed by atoms with van der Waals surface area (Å²) >= 11 is 0. The van der Waals surface area contributed by atoms with E-state index in [4.69, 9.17) is 5.73 Å². The number of alkyl halides is 1. The van der Waals surface area contributed by atoms with Crippen LogP contribution in [-0.2, 0) is 16.1 Å². The van der Waals surface area contributed by atoms with E-state index in [1.54, 1.807) is 36.7 Å². The average Bonchev–Trinajstić information content (AvgIpc) is 3.46. The number of hydrogen-bond donors (Lipinski definition) is 3. The molecule has 2 fully saturated rings. The van der Waals surface area contributed by atoms with Gasteiger partial charge in [-0.05, 0) is 36.6 Å². The minimum Gasteiger partial charge on any atom is -0.391 e. The first-order valence-corrected chi connectivity index (χ1v) is 12.3. The van der Waals surface area contributed by atoms with Crippen molar-refractivity contribution < 1.29 is 23.9 Å². The van der Waals surface area contributed by atoms with Crippen LogP contribution in [0, 0.1) is 0 Å². The monoisotopic (exact) mass is 509 g/mol. The third-order valence-corrected chi connectivity index (χ3v) is 7.12. The molecule has 0 spiro atoms. The third kappa shape index (κ3) is 5.01. The summed E-state index contributed by atoms with van der Waals surface area (Å²) in [4.78, 5) is 39.6. The van der Waals surface area contributed by atoms with E-state index >= 15 is 0 Å². The highest BCUT2D eigenvalue weighted by Crippen LogP contribution is 2.27. The number of benzene rings is 1. The average molecular weight is 510 g/mol. The number of rotatable bonds is 6. The molecule has 4 N–H and O–H groups in total. The Kier molecular flexibility index (Phi) is 6.83. The number of carbonyl (C=O) groups excluding carboxylic acids is 3.